The molecule has 0 unspecified atom stereocenters. The van der Waals surface area contributed by atoms with Crippen LogP contribution in [0.4, 0.5) is 4.39 Å². The molecule has 0 amide bonds. The Morgan fingerprint density at radius 2 is 2.00 bits per heavy atom. The lowest BCUT2D eigenvalue weighted by Crippen LogP contribution is -1.91. The first-order valence-corrected chi connectivity index (χ1v) is 6.80. The molecule has 0 saturated carbocycles. The Bertz CT molecular complexity index is 764. The van der Waals surface area contributed by atoms with Gasteiger partial charge in [0.2, 0.25) is 11.0 Å². The molecule has 0 spiro atoms. The van der Waals surface area contributed by atoms with E-state index in [1.807, 2.05) is 0 Å². The van der Waals surface area contributed by atoms with Crippen LogP contribution in [0.15, 0.2) is 46.8 Å². The van der Waals surface area contributed by atoms with Crippen molar-refractivity contribution in [2.45, 2.75) is 10.3 Å². The number of aromatic amines is 1. The van der Waals surface area contributed by atoms with Gasteiger partial charge in [-0.3, -0.25) is 5.10 Å². The number of nitrogens with zero attached hydrogens (tertiary/aromatic N) is 4. The number of hydrogen-bond donors (Lipinski definition) is 1. The summed E-state index contributed by atoms with van der Waals surface area (Å²) in [5.41, 5.74) is 0.364. The van der Waals surface area contributed by atoms with Gasteiger partial charge in [-0.2, -0.15) is 4.98 Å². The summed E-state index contributed by atoms with van der Waals surface area (Å²) < 4.78 is 18.7. The number of aromatic nitrogens is 5. The predicted octanol–water partition coefficient (Wildman–Crippen LogP) is 2.56. The molecule has 3 aromatic rings. The highest BCUT2D eigenvalue weighted by Gasteiger charge is 2.12. The standard InChI is InChI=1S/C13H10FN5OS/c1-20-10-6-7-15-12(16-10)21-13-17-11(18-19-13)8-4-2-3-5-9(8)14/h2-7H,1H3,(H,17,18,19). The Hall–Kier alpha value is -2.48. The van der Waals surface area contributed by atoms with E-state index in [0.29, 0.717) is 27.6 Å². The van der Waals surface area contributed by atoms with E-state index < -0.39 is 0 Å². The van der Waals surface area contributed by atoms with Crippen LogP contribution in [-0.2, 0) is 0 Å². The van der Waals surface area contributed by atoms with Crippen LogP contribution in [0.5, 0.6) is 5.88 Å². The highest BCUT2D eigenvalue weighted by atomic mass is 32.2. The first kappa shape index (κ1) is 13.5. The van der Waals surface area contributed by atoms with E-state index in [1.54, 1.807) is 30.5 Å². The van der Waals surface area contributed by atoms with Crippen molar-refractivity contribution in [3.63, 3.8) is 0 Å². The summed E-state index contributed by atoms with van der Waals surface area (Å²) in [6.45, 7) is 0. The zero-order valence-corrected chi connectivity index (χ0v) is 11.8. The fourth-order valence-electron chi connectivity index (χ4n) is 1.64. The molecule has 2 heterocycles. The summed E-state index contributed by atoms with van der Waals surface area (Å²) in [7, 11) is 1.53. The molecule has 21 heavy (non-hydrogen) atoms. The first-order chi connectivity index (χ1) is 10.3. The molecule has 3 rings (SSSR count). The van der Waals surface area contributed by atoms with E-state index in [-0.39, 0.29) is 5.82 Å². The average Bonchev–Trinajstić information content (AvgIpc) is 2.96. The number of methoxy groups -OCH3 is 1. The van der Waals surface area contributed by atoms with E-state index in [1.165, 1.54) is 13.2 Å². The third-order valence-electron chi connectivity index (χ3n) is 2.59. The molecule has 0 saturated heterocycles. The van der Waals surface area contributed by atoms with E-state index in [0.717, 1.165) is 11.8 Å². The van der Waals surface area contributed by atoms with Gasteiger partial charge in [-0.1, -0.05) is 12.1 Å². The first-order valence-electron chi connectivity index (χ1n) is 5.98. The third-order valence-corrected chi connectivity index (χ3v) is 3.34. The summed E-state index contributed by atoms with van der Waals surface area (Å²) in [6.07, 6.45) is 1.58. The van der Waals surface area contributed by atoms with Crippen molar-refractivity contribution in [1.29, 1.82) is 0 Å². The molecule has 1 aromatic carbocycles. The van der Waals surface area contributed by atoms with Crippen LogP contribution < -0.4 is 4.74 Å². The normalized spacial score (nSPS) is 10.6. The number of ether oxygens (including phenoxy) is 1. The van der Waals surface area contributed by atoms with E-state index in [2.05, 4.69) is 25.1 Å². The van der Waals surface area contributed by atoms with Crippen LogP contribution in [-0.4, -0.2) is 32.3 Å². The highest BCUT2D eigenvalue weighted by Crippen LogP contribution is 2.25. The van der Waals surface area contributed by atoms with Gasteiger partial charge in [0, 0.05) is 12.3 Å². The lowest BCUT2D eigenvalue weighted by molar-refractivity contribution is 0.392. The third kappa shape index (κ3) is 3.00. The topological polar surface area (TPSA) is 76.6 Å². The summed E-state index contributed by atoms with van der Waals surface area (Å²) in [5.74, 6) is 0.457. The van der Waals surface area contributed by atoms with E-state index >= 15 is 0 Å². The second kappa shape index (κ2) is 5.88. The van der Waals surface area contributed by atoms with Crippen LogP contribution in [0, 0.1) is 5.82 Å². The number of benzene rings is 1. The Morgan fingerprint density at radius 3 is 2.81 bits per heavy atom. The summed E-state index contributed by atoms with van der Waals surface area (Å²) in [6, 6.07) is 8.00. The smallest absolute Gasteiger partial charge is 0.217 e. The number of hydrogen-bond acceptors (Lipinski definition) is 6. The van der Waals surface area contributed by atoms with E-state index in [4.69, 9.17) is 4.74 Å². The van der Waals surface area contributed by atoms with Crippen LogP contribution in [0.3, 0.4) is 0 Å². The monoisotopic (exact) mass is 303 g/mol. The lowest BCUT2D eigenvalue weighted by atomic mass is 10.2. The zero-order valence-electron chi connectivity index (χ0n) is 10.9. The van der Waals surface area contributed by atoms with Crippen molar-refractivity contribution >= 4 is 11.8 Å². The van der Waals surface area contributed by atoms with Crippen LogP contribution >= 0.6 is 11.8 Å². The Balaban J connectivity index is 1.84. The van der Waals surface area contributed by atoms with Gasteiger partial charge >= 0.3 is 0 Å². The second-order valence-corrected chi connectivity index (χ2v) is 4.86. The van der Waals surface area contributed by atoms with Gasteiger partial charge in [0.05, 0.1) is 12.7 Å². The van der Waals surface area contributed by atoms with Crippen molar-refractivity contribution in [1.82, 2.24) is 25.1 Å². The molecule has 0 aliphatic carbocycles. The van der Waals surface area contributed by atoms with Gasteiger partial charge in [0.1, 0.15) is 5.82 Å². The summed E-state index contributed by atoms with van der Waals surface area (Å²) in [5, 5.41) is 7.58. The fraction of sp³-hybridized carbons (Fsp3) is 0.0769. The van der Waals surface area contributed by atoms with Crippen molar-refractivity contribution in [2.75, 3.05) is 7.11 Å². The SMILES string of the molecule is COc1ccnc(Sc2n[nH]c(-c3ccccc3F)n2)n1. The molecule has 0 aliphatic rings. The zero-order chi connectivity index (χ0) is 14.7. The molecule has 0 bridgehead atoms. The minimum atomic E-state index is -0.358. The molecule has 0 fully saturated rings. The Morgan fingerprint density at radius 1 is 1.14 bits per heavy atom. The molecule has 1 N–H and O–H groups in total. The molecular weight excluding hydrogens is 293 g/mol. The molecular formula is C13H10FN5OS. The number of halogens is 1. The molecule has 8 heteroatoms. The van der Waals surface area contributed by atoms with Gasteiger partial charge in [-0.05, 0) is 23.9 Å². The molecule has 0 atom stereocenters. The van der Waals surface area contributed by atoms with Crippen molar-refractivity contribution in [3.8, 4) is 17.3 Å². The van der Waals surface area contributed by atoms with Gasteiger partial charge in [0.25, 0.3) is 0 Å². The van der Waals surface area contributed by atoms with Gasteiger partial charge in [-0.25, -0.2) is 14.4 Å². The Labute approximate surface area is 123 Å². The molecule has 2 aromatic heterocycles. The maximum absolute atomic E-state index is 13.7. The maximum Gasteiger partial charge on any atom is 0.217 e. The minimum Gasteiger partial charge on any atom is -0.481 e. The molecule has 0 aliphatic heterocycles. The summed E-state index contributed by atoms with van der Waals surface area (Å²) >= 11 is 1.16. The average molecular weight is 303 g/mol. The maximum atomic E-state index is 13.7. The van der Waals surface area contributed by atoms with Gasteiger partial charge < -0.3 is 4.74 Å². The van der Waals surface area contributed by atoms with Crippen molar-refractivity contribution < 1.29 is 9.13 Å². The Kier molecular flexibility index (Phi) is 3.78. The largest absolute Gasteiger partial charge is 0.481 e. The number of H-pyrrole nitrogens is 1. The summed E-state index contributed by atoms with van der Waals surface area (Å²) in [4.78, 5) is 12.5. The van der Waals surface area contributed by atoms with Crippen LogP contribution in [0.25, 0.3) is 11.4 Å². The van der Waals surface area contributed by atoms with Crippen molar-refractivity contribution in [2.24, 2.45) is 0 Å². The lowest BCUT2D eigenvalue weighted by Gasteiger charge is -1.99. The fourth-order valence-corrected chi connectivity index (χ4v) is 2.28. The number of nitrogens with one attached hydrogen (secondary N) is 1. The van der Waals surface area contributed by atoms with Gasteiger partial charge in [0.15, 0.2) is 11.0 Å². The van der Waals surface area contributed by atoms with Gasteiger partial charge in [-0.15, -0.1) is 5.10 Å². The quantitative estimate of drug-likeness (QED) is 0.746. The second-order valence-electron chi connectivity index (χ2n) is 3.93. The molecule has 6 nitrogen and oxygen atoms in total. The predicted molar refractivity (Wildman–Crippen MR) is 74.5 cm³/mol. The number of rotatable bonds is 4. The minimum absolute atomic E-state index is 0.358. The van der Waals surface area contributed by atoms with Crippen LogP contribution in [0.1, 0.15) is 0 Å². The molecule has 0 radical (unpaired) electrons. The van der Waals surface area contributed by atoms with Crippen LogP contribution in [0.2, 0.25) is 0 Å². The molecule has 106 valence electrons. The highest BCUT2D eigenvalue weighted by molar-refractivity contribution is 7.99. The van der Waals surface area contributed by atoms with E-state index in [9.17, 15) is 4.39 Å². The van der Waals surface area contributed by atoms with Crippen molar-refractivity contribution in [3.05, 3.63) is 42.3 Å².